The lowest BCUT2D eigenvalue weighted by Crippen LogP contribution is -2.39. The van der Waals surface area contributed by atoms with Crippen molar-refractivity contribution in [2.45, 2.75) is 25.8 Å². The molecule has 36 heavy (non-hydrogen) atoms. The monoisotopic (exact) mass is 489 g/mol. The number of amides is 1. The summed E-state index contributed by atoms with van der Waals surface area (Å²) in [4.78, 5) is 18.5. The Balaban J connectivity index is 1.59. The first-order valence-corrected chi connectivity index (χ1v) is 12.1. The van der Waals surface area contributed by atoms with Gasteiger partial charge in [-0.3, -0.25) is 4.79 Å². The molecule has 0 spiro atoms. The third kappa shape index (κ3) is 5.69. The Kier molecular flexibility index (Phi) is 7.90. The Morgan fingerprint density at radius 2 is 1.83 bits per heavy atom. The zero-order valence-corrected chi connectivity index (χ0v) is 20.8. The Labute approximate surface area is 210 Å². The van der Waals surface area contributed by atoms with E-state index in [0.717, 1.165) is 39.7 Å². The van der Waals surface area contributed by atoms with Crippen molar-refractivity contribution in [3.05, 3.63) is 83.8 Å². The minimum absolute atomic E-state index is 0.259. The van der Waals surface area contributed by atoms with E-state index >= 15 is 0 Å². The van der Waals surface area contributed by atoms with Crippen LogP contribution >= 0.6 is 0 Å². The summed E-state index contributed by atoms with van der Waals surface area (Å²) in [6, 6.07) is 17.7. The zero-order valence-electron chi connectivity index (χ0n) is 20.8. The van der Waals surface area contributed by atoms with E-state index in [0.29, 0.717) is 24.3 Å². The predicted octanol–water partition coefficient (Wildman–Crippen LogP) is 5.16. The van der Waals surface area contributed by atoms with Gasteiger partial charge in [0.25, 0.3) is 5.91 Å². The predicted molar refractivity (Wildman–Crippen MR) is 142 cm³/mol. The number of aliphatic hydroxyl groups is 1. The van der Waals surface area contributed by atoms with Gasteiger partial charge in [-0.05, 0) is 72.0 Å². The molecule has 6 nitrogen and oxygen atoms in total. The van der Waals surface area contributed by atoms with E-state index in [1.54, 1.807) is 12.3 Å². The lowest BCUT2D eigenvalue weighted by molar-refractivity contribution is 0.0912. The van der Waals surface area contributed by atoms with Gasteiger partial charge in [0.15, 0.2) is 0 Å². The van der Waals surface area contributed by atoms with Crippen molar-refractivity contribution in [1.29, 1.82) is 0 Å². The molecule has 3 aromatic carbocycles. The molecule has 1 aromatic heterocycles. The third-order valence-corrected chi connectivity index (χ3v) is 6.15. The average molecular weight is 490 g/mol. The third-order valence-electron chi connectivity index (χ3n) is 6.15. The highest BCUT2D eigenvalue weighted by atomic mass is 19.1. The number of aliphatic hydroxyl groups excluding tert-OH is 1. The summed E-state index contributed by atoms with van der Waals surface area (Å²) in [5.41, 5.74) is 4.99. The van der Waals surface area contributed by atoms with Gasteiger partial charge in [-0.1, -0.05) is 25.1 Å². The van der Waals surface area contributed by atoms with E-state index in [2.05, 4.69) is 10.3 Å². The van der Waals surface area contributed by atoms with Crippen molar-refractivity contribution < 1.29 is 19.0 Å². The number of aromatic nitrogens is 1. The number of aromatic amines is 1. The van der Waals surface area contributed by atoms with Gasteiger partial charge in [0.1, 0.15) is 11.6 Å². The normalized spacial score (nSPS) is 11.9. The van der Waals surface area contributed by atoms with Crippen molar-refractivity contribution in [3.8, 4) is 16.9 Å². The van der Waals surface area contributed by atoms with Crippen LogP contribution in [0.1, 0.15) is 29.3 Å². The zero-order chi connectivity index (χ0) is 25.7. The van der Waals surface area contributed by atoms with Crippen LogP contribution in [-0.2, 0) is 6.42 Å². The molecule has 4 rings (SSSR count). The fourth-order valence-electron chi connectivity index (χ4n) is 4.19. The van der Waals surface area contributed by atoms with E-state index in [9.17, 15) is 14.3 Å². The number of rotatable bonds is 10. The summed E-state index contributed by atoms with van der Waals surface area (Å²) < 4.78 is 19.6. The van der Waals surface area contributed by atoms with Crippen LogP contribution in [0.2, 0.25) is 0 Å². The number of fused-ring (bicyclic) bond motifs is 1. The Bertz CT molecular complexity index is 1330. The van der Waals surface area contributed by atoms with Crippen LogP contribution < -0.4 is 15.0 Å². The van der Waals surface area contributed by atoms with Crippen LogP contribution in [0.25, 0.3) is 22.0 Å². The highest BCUT2D eigenvalue weighted by Gasteiger charge is 2.20. The minimum atomic E-state index is -0.554. The molecule has 1 unspecified atom stereocenters. The molecule has 0 bridgehead atoms. The van der Waals surface area contributed by atoms with E-state index in [-0.39, 0.29) is 18.3 Å². The number of anilines is 1. The maximum atomic E-state index is 13.8. The molecule has 7 heteroatoms. The molecule has 1 atom stereocenters. The summed E-state index contributed by atoms with van der Waals surface area (Å²) in [6.07, 6.45) is 2.94. The molecule has 3 N–H and O–H groups in total. The van der Waals surface area contributed by atoms with Crippen LogP contribution in [0.4, 0.5) is 10.1 Å². The van der Waals surface area contributed by atoms with Crippen LogP contribution in [-0.4, -0.2) is 49.3 Å². The van der Waals surface area contributed by atoms with E-state index in [4.69, 9.17) is 4.74 Å². The maximum Gasteiger partial charge on any atom is 0.255 e. The SMILES string of the molecule is CCCOc1ccc(-c2ccc(N(C)C)cc2)cc1C(=O)NC(CO)Cc1c[nH]c2ccc(F)cc12. The molecule has 0 radical (unpaired) electrons. The summed E-state index contributed by atoms with van der Waals surface area (Å²) in [5.74, 6) is -0.173. The molecule has 1 amide bonds. The molecular formula is C29H32FN3O3. The summed E-state index contributed by atoms with van der Waals surface area (Å²) in [5, 5.41) is 13.7. The highest BCUT2D eigenvalue weighted by molar-refractivity contribution is 5.98. The molecule has 0 aliphatic rings. The number of benzene rings is 3. The number of ether oxygens (including phenoxy) is 1. The van der Waals surface area contributed by atoms with Gasteiger partial charge in [-0.25, -0.2) is 4.39 Å². The number of nitrogens with one attached hydrogen (secondary N) is 2. The van der Waals surface area contributed by atoms with Crippen molar-refractivity contribution >= 4 is 22.5 Å². The molecule has 4 aromatic rings. The second-order valence-corrected chi connectivity index (χ2v) is 9.06. The maximum absolute atomic E-state index is 13.8. The molecule has 0 saturated heterocycles. The number of hydrogen-bond donors (Lipinski definition) is 3. The molecule has 0 aliphatic heterocycles. The molecular weight excluding hydrogens is 457 g/mol. The lowest BCUT2D eigenvalue weighted by Gasteiger charge is -2.19. The second kappa shape index (κ2) is 11.3. The fourth-order valence-corrected chi connectivity index (χ4v) is 4.19. The Hall–Kier alpha value is -3.84. The van der Waals surface area contributed by atoms with Gasteiger partial charge >= 0.3 is 0 Å². The first-order valence-electron chi connectivity index (χ1n) is 12.1. The average Bonchev–Trinajstić information content (AvgIpc) is 3.28. The number of nitrogens with zero attached hydrogens (tertiary/aromatic N) is 1. The van der Waals surface area contributed by atoms with Crippen LogP contribution in [0, 0.1) is 5.82 Å². The molecule has 1 heterocycles. The molecule has 0 fully saturated rings. The van der Waals surface area contributed by atoms with Crippen molar-refractivity contribution in [1.82, 2.24) is 10.3 Å². The first-order chi connectivity index (χ1) is 17.4. The van der Waals surface area contributed by atoms with Crippen LogP contribution in [0.3, 0.4) is 0 Å². The van der Waals surface area contributed by atoms with E-state index in [1.807, 2.05) is 68.4 Å². The van der Waals surface area contributed by atoms with Crippen molar-refractivity contribution in [2.75, 3.05) is 32.2 Å². The summed E-state index contributed by atoms with van der Waals surface area (Å²) in [7, 11) is 3.98. The second-order valence-electron chi connectivity index (χ2n) is 9.06. The van der Waals surface area contributed by atoms with Crippen LogP contribution in [0.15, 0.2) is 66.9 Å². The minimum Gasteiger partial charge on any atom is -0.493 e. The first kappa shape index (κ1) is 25.3. The standard InChI is InChI=1S/C29H32FN3O3/c1-4-13-36-28-12-7-20(19-5-9-24(10-6-19)33(2)3)15-26(28)29(35)32-23(18-34)14-21-17-31-27-11-8-22(30)16-25(21)27/h5-12,15-17,23,31,34H,4,13-14,18H2,1-3H3,(H,32,35). The Morgan fingerprint density at radius 1 is 1.08 bits per heavy atom. The lowest BCUT2D eigenvalue weighted by atomic mass is 10.0. The van der Waals surface area contributed by atoms with Gasteiger partial charge in [0.05, 0.1) is 24.8 Å². The van der Waals surface area contributed by atoms with E-state index in [1.165, 1.54) is 12.1 Å². The quantitative estimate of drug-likeness (QED) is 0.288. The van der Waals surface area contributed by atoms with Crippen molar-refractivity contribution in [2.24, 2.45) is 0 Å². The summed E-state index contributed by atoms with van der Waals surface area (Å²) >= 11 is 0. The van der Waals surface area contributed by atoms with Crippen LogP contribution in [0.5, 0.6) is 5.75 Å². The van der Waals surface area contributed by atoms with Gasteiger partial charge in [0.2, 0.25) is 0 Å². The highest BCUT2D eigenvalue weighted by Crippen LogP contribution is 2.29. The smallest absolute Gasteiger partial charge is 0.255 e. The van der Waals surface area contributed by atoms with Gasteiger partial charge in [-0.15, -0.1) is 0 Å². The topological polar surface area (TPSA) is 77.6 Å². The number of halogens is 1. The fraction of sp³-hybridized carbons (Fsp3) is 0.276. The molecule has 0 aliphatic carbocycles. The summed E-state index contributed by atoms with van der Waals surface area (Å²) in [6.45, 7) is 2.23. The van der Waals surface area contributed by atoms with E-state index < -0.39 is 6.04 Å². The van der Waals surface area contributed by atoms with Gasteiger partial charge < -0.3 is 25.0 Å². The van der Waals surface area contributed by atoms with Gasteiger partial charge in [-0.2, -0.15) is 0 Å². The largest absolute Gasteiger partial charge is 0.493 e. The number of hydrogen-bond acceptors (Lipinski definition) is 4. The Morgan fingerprint density at radius 3 is 2.53 bits per heavy atom. The number of carbonyl (C=O) groups excluding carboxylic acids is 1. The molecule has 188 valence electrons. The number of carbonyl (C=O) groups is 1. The van der Waals surface area contributed by atoms with Crippen molar-refractivity contribution in [3.63, 3.8) is 0 Å². The van der Waals surface area contributed by atoms with Gasteiger partial charge in [0, 0.05) is 36.9 Å². The molecule has 0 saturated carbocycles. The number of H-pyrrole nitrogens is 1.